The summed E-state index contributed by atoms with van der Waals surface area (Å²) >= 11 is 0. The minimum Gasteiger partial charge on any atom is -0.452 e. The van der Waals surface area contributed by atoms with Crippen molar-refractivity contribution in [3.05, 3.63) is 23.8 Å². The zero-order chi connectivity index (χ0) is 23.8. The Morgan fingerprint density at radius 3 is 2.27 bits per heavy atom. The fourth-order valence-corrected chi connectivity index (χ4v) is 6.17. The molecule has 2 fully saturated rings. The number of ether oxygens (including phenoxy) is 1. The second-order valence-electron chi connectivity index (χ2n) is 8.79. The van der Waals surface area contributed by atoms with Gasteiger partial charge < -0.3 is 15.0 Å². The van der Waals surface area contributed by atoms with E-state index < -0.39 is 16.0 Å². The lowest BCUT2D eigenvalue weighted by atomic mass is 10.1. The van der Waals surface area contributed by atoms with E-state index in [0.717, 1.165) is 51.6 Å². The Balaban J connectivity index is 1.76. The monoisotopic (exact) mass is 479 g/mol. The second kappa shape index (κ2) is 11.8. The van der Waals surface area contributed by atoms with Crippen molar-refractivity contribution >= 4 is 27.6 Å². The van der Waals surface area contributed by atoms with Crippen molar-refractivity contribution in [2.24, 2.45) is 0 Å². The Kier molecular flexibility index (Phi) is 9.14. The Morgan fingerprint density at radius 1 is 1.03 bits per heavy atom. The molecule has 184 valence electrons. The molecule has 1 saturated heterocycles. The Hall–Kier alpha value is -2.13. The maximum Gasteiger partial charge on any atom is 0.340 e. The van der Waals surface area contributed by atoms with Gasteiger partial charge in [0.15, 0.2) is 6.61 Å². The molecule has 3 rings (SSSR count). The summed E-state index contributed by atoms with van der Waals surface area (Å²) in [5.41, 5.74) is 0.840. The van der Waals surface area contributed by atoms with Crippen LogP contribution in [0.25, 0.3) is 0 Å². The van der Waals surface area contributed by atoms with E-state index in [0.29, 0.717) is 18.8 Å². The van der Waals surface area contributed by atoms with Crippen LogP contribution in [0, 0.1) is 0 Å². The van der Waals surface area contributed by atoms with Crippen LogP contribution in [0.4, 0.5) is 5.69 Å². The van der Waals surface area contributed by atoms with Gasteiger partial charge in [-0.1, -0.05) is 39.5 Å². The van der Waals surface area contributed by atoms with E-state index in [1.54, 1.807) is 26.0 Å². The number of rotatable bonds is 9. The molecule has 0 spiro atoms. The Labute approximate surface area is 197 Å². The molecule has 0 unspecified atom stereocenters. The summed E-state index contributed by atoms with van der Waals surface area (Å²) in [5.74, 6) is -0.991. The summed E-state index contributed by atoms with van der Waals surface area (Å²) < 4.78 is 32.7. The minimum absolute atomic E-state index is 0.0593. The standard InChI is InChI=1S/C24H37N3O5S/c1-3-27(4-2)33(30,31)20-13-14-22(26-15-9-10-16-26)21(17-20)24(29)32-18-23(28)25-19-11-7-5-6-8-12-19/h13-14,17,19H,3-12,15-16,18H2,1-2H3,(H,25,28). The van der Waals surface area contributed by atoms with Crippen LogP contribution in [0.3, 0.4) is 0 Å². The molecule has 1 N–H and O–H groups in total. The van der Waals surface area contributed by atoms with Crippen molar-refractivity contribution in [1.29, 1.82) is 0 Å². The predicted molar refractivity (Wildman–Crippen MR) is 128 cm³/mol. The van der Waals surface area contributed by atoms with Gasteiger partial charge in [0, 0.05) is 32.2 Å². The summed E-state index contributed by atoms with van der Waals surface area (Å²) in [4.78, 5) is 27.5. The second-order valence-corrected chi connectivity index (χ2v) is 10.7. The SMILES string of the molecule is CCN(CC)S(=O)(=O)c1ccc(N2CCCC2)c(C(=O)OCC(=O)NC2CCCCCC2)c1. The van der Waals surface area contributed by atoms with E-state index in [-0.39, 0.29) is 29.0 Å². The zero-order valence-electron chi connectivity index (χ0n) is 19.8. The zero-order valence-corrected chi connectivity index (χ0v) is 20.7. The van der Waals surface area contributed by atoms with E-state index in [4.69, 9.17) is 4.74 Å². The summed E-state index contributed by atoms with van der Waals surface area (Å²) in [5, 5.41) is 2.97. The first-order valence-corrected chi connectivity index (χ1v) is 13.7. The molecule has 8 nitrogen and oxygen atoms in total. The van der Waals surface area contributed by atoms with Crippen LogP contribution in [0.5, 0.6) is 0 Å². The van der Waals surface area contributed by atoms with E-state index in [1.807, 2.05) is 0 Å². The molecule has 1 heterocycles. The molecule has 0 atom stereocenters. The minimum atomic E-state index is -3.72. The highest BCUT2D eigenvalue weighted by atomic mass is 32.2. The molecule has 2 aliphatic rings. The first-order chi connectivity index (χ1) is 15.9. The summed E-state index contributed by atoms with van der Waals surface area (Å²) in [7, 11) is -3.72. The lowest BCUT2D eigenvalue weighted by Gasteiger charge is -2.23. The number of hydrogen-bond acceptors (Lipinski definition) is 6. The first kappa shape index (κ1) is 25.5. The van der Waals surface area contributed by atoms with E-state index in [1.165, 1.54) is 23.2 Å². The largest absolute Gasteiger partial charge is 0.452 e. The third-order valence-electron chi connectivity index (χ3n) is 6.53. The van der Waals surface area contributed by atoms with Crippen molar-refractivity contribution in [3.8, 4) is 0 Å². The molecule has 1 aromatic carbocycles. The lowest BCUT2D eigenvalue weighted by molar-refractivity contribution is -0.125. The van der Waals surface area contributed by atoms with Crippen LogP contribution in [-0.2, 0) is 19.6 Å². The van der Waals surface area contributed by atoms with Gasteiger partial charge in [-0.15, -0.1) is 0 Å². The van der Waals surface area contributed by atoms with Gasteiger partial charge in [-0.05, 0) is 43.9 Å². The van der Waals surface area contributed by atoms with Gasteiger partial charge in [0.1, 0.15) is 0 Å². The molecule has 1 aliphatic carbocycles. The van der Waals surface area contributed by atoms with Gasteiger partial charge >= 0.3 is 5.97 Å². The van der Waals surface area contributed by atoms with Gasteiger partial charge in [-0.25, -0.2) is 13.2 Å². The lowest BCUT2D eigenvalue weighted by Crippen LogP contribution is -2.37. The molecular weight excluding hydrogens is 442 g/mol. The Bertz CT molecular complexity index is 916. The van der Waals surface area contributed by atoms with Gasteiger partial charge in [0.25, 0.3) is 5.91 Å². The number of carbonyl (C=O) groups is 2. The van der Waals surface area contributed by atoms with Crippen molar-refractivity contribution < 1.29 is 22.7 Å². The van der Waals surface area contributed by atoms with Gasteiger partial charge in [0.2, 0.25) is 10.0 Å². The number of nitrogens with zero attached hydrogens (tertiary/aromatic N) is 2. The van der Waals surface area contributed by atoms with Crippen LogP contribution < -0.4 is 10.2 Å². The van der Waals surface area contributed by atoms with Crippen LogP contribution in [0.15, 0.2) is 23.1 Å². The molecule has 0 bridgehead atoms. The van der Waals surface area contributed by atoms with Crippen LogP contribution in [0.1, 0.15) is 75.6 Å². The van der Waals surface area contributed by atoms with Gasteiger partial charge in [-0.2, -0.15) is 4.31 Å². The molecule has 1 amide bonds. The first-order valence-electron chi connectivity index (χ1n) is 12.2. The topological polar surface area (TPSA) is 96.0 Å². The van der Waals surface area contributed by atoms with E-state index >= 15 is 0 Å². The number of nitrogens with one attached hydrogen (secondary N) is 1. The fourth-order valence-electron chi connectivity index (χ4n) is 4.69. The maximum absolute atomic E-state index is 13.0. The normalized spacial score (nSPS) is 17.7. The number of amides is 1. The molecule has 33 heavy (non-hydrogen) atoms. The highest BCUT2D eigenvalue weighted by Crippen LogP contribution is 2.29. The fraction of sp³-hybridized carbons (Fsp3) is 0.667. The number of carbonyl (C=O) groups excluding carboxylic acids is 2. The summed E-state index contributed by atoms with van der Waals surface area (Å²) in [6.45, 7) is 5.46. The predicted octanol–water partition coefficient (Wildman–Crippen LogP) is 3.31. The smallest absolute Gasteiger partial charge is 0.340 e. The average Bonchev–Trinajstić information content (AvgIpc) is 3.22. The maximum atomic E-state index is 13.0. The Morgan fingerprint density at radius 2 is 1.67 bits per heavy atom. The summed E-state index contributed by atoms with van der Waals surface area (Å²) in [6, 6.07) is 4.76. The molecule has 1 saturated carbocycles. The van der Waals surface area contributed by atoms with E-state index in [2.05, 4.69) is 10.2 Å². The number of sulfonamides is 1. The average molecular weight is 480 g/mol. The van der Waals surface area contributed by atoms with Crippen molar-refractivity contribution in [3.63, 3.8) is 0 Å². The third kappa shape index (κ3) is 6.47. The van der Waals surface area contributed by atoms with Crippen LogP contribution in [0.2, 0.25) is 0 Å². The number of anilines is 1. The molecule has 1 aliphatic heterocycles. The molecule has 0 radical (unpaired) electrons. The van der Waals surface area contributed by atoms with Crippen molar-refractivity contribution in [2.45, 2.75) is 76.2 Å². The van der Waals surface area contributed by atoms with Crippen molar-refractivity contribution in [2.75, 3.05) is 37.7 Å². The van der Waals surface area contributed by atoms with Crippen LogP contribution in [-0.4, -0.2) is 63.4 Å². The number of esters is 1. The van der Waals surface area contributed by atoms with E-state index in [9.17, 15) is 18.0 Å². The van der Waals surface area contributed by atoms with Crippen LogP contribution >= 0.6 is 0 Å². The van der Waals surface area contributed by atoms with Gasteiger partial charge in [0.05, 0.1) is 16.1 Å². The molecule has 9 heteroatoms. The van der Waals surface area contributed by atoms with Crippen molar-refractivity contribution in [1.82, 2.24) is 9.62 Å². The number of benzene rings is 1. The quantitative estimate of drug-likeness (QED) is 0.431. The summed E-state index contributed by atoms with van der Waals surface area (Å²) in [6.07, 6.45) is 8.49. The molecular formula is C24H37N3O5S. The molecule has 1 aromatic rings. The highest BCUT2D eigenvalue weighted by molar-refractivity contribution is 7.89. The number of hydrogen-bond donors (Lipinski definition) is 1. The highest BCUT2D eigenvalue weighted by Gasteiger charge is 2.27. The third-order valence-corrected chi connectivity index (χ3v) is 8.58. The van der Waals surface area contributed by atoms with Gasteiger partial charge in [-0.3, -0.25) is 4.79 Å². The molecule has 0 aromatic heterocycles.